The summed E-state index contributed by atoms with van der Waals surface area (Å²) in [6.45, 7) is 7.52. The van der Waals surface area contributed by atoms with E-state index in [0.717, 1.165) is 26.1 Å². The average molecular weight is 204 g/mol. The maximum absolute atomic E-state index is 5.59. The van der Waals surface area contributed by atoms with Crippen molar-refractivity contribution in [3.05, 3.63) is 29.3 Å². The summed E-state index contributed by atoms with van der Waals surface area (Å²) in [6, 6.07) is 6.82. The van der Waals surface area contributed by atoms with Crippen LogP contribution in [0.5, 0.6) is 0 Å². The van der Waals surface area contributed by atoms with Crippen LogP contribution in [0.15, 0.2) is 18.2 Å². The molecule has 2 nitrogen and oxygen atoms in total. The Morgan fingerprint density at radius 1 is 1.47 bits per heavy atom. The Morgan fingerprint density at radius 2 is 2.27 bits per heavy atom. The second-order valence-corrected chi connectivity index (χ2v) is 4.37. The molecule has 0 saturated carbocycles. The van der Waals surface area contributed by atoms with E-state index in [0.29, 0.717) is 5.92 Å². The lowest BCUT2D eigenvalue weighted by Crippen LogP contribution is -2.20. The number of anilines is 1. The molecule has 0 aliphatic carbocycles. The van der Waals surface area contributed by atoms with Gasteiger partial charge in [0.05, 0.1) is 0 Å². The van der Waals surface area contributed by atoms with Crippen molar-refractivity contribution in [2.45, 2.75) is 26.2 Å². The molecule has 1 aromatic carbocycles. The summed E-state index contributed by atoms with van der Waals surface area (Å²) in [5.74, 6) is 0.673. The first-order valence-corrected chi connectivity index (χ1v) is 5.84. The number of hydrogen-bond donors (Lipinski definition) is 1. The van der Waals surface area contributed by atoms with Gasteiger partial charge in [-0.2, -0.15) is 0 Å². The highest BCUT2D eigenvalue weighted by Gasteiger charge is 2.23. The number of nitrogens with two attached hydrogens (primary N) is 1. The van der Waals surface area contributed by atoms with Crippen molar-refractivity contribution < 1.29 is 0 Å². The summed E-state index contributed by atoms with van der Waals surface area (Å²) < 4.78 is 0. The van der Waals surface area contributed by atoms with Crippen molar-refractivity contribution in [1.29, 1.82) is 0 Å². The maximum atomic E-state index is 5.59. The van der Waals surface area contributed by atoms with E-state index in [-0.39, 0.29) is 0 Å². The fourth-order valence-electron chi connectivity index (χ4n) is 2.43. The van der Waals surface area contributed by atoms with Crippen LogP contribution in [0.2, 0.25) is 0 Å². The molecule has 15 heavy (non-hydrogen) atoms. The van der Waals surface area contributed by atoms with Crippen molar-refractivity contribution in [3.63, 3.8) is 0 Å². The molecule has 82 valence electrons. The standard InChI is InChI=1S/C13H20N2/c1-3-15-9-10(2)12-5-4-11(6-7-14)8-13(12)15/h4-5,8,10H,3,6-7,9,14H2,1-2H3. The Labute approximate surface area is 92.1 Å². The maximum Gasteiger partial charge on any atom is 0.0405 e. The predicted molar refractivity (Wildman–Crippen MR) is 65.5 cm³/mol. The van der Waals surface area contributed by atoms with Gasteiger partial charge in [-0.05, 0) is 37.1 Å². The van der Waals surface area contributed by atoms with Gasteiger partial charge in [0.1, 0.15) is 0 Å². The fraction of sp³-hybridized carbons (Fsp3) is 0.538. The van der Waals surface area contributed by atoms with E-state index in [1.165, 1.54) is 16.8 Å². The SMILES string of the molecule is CCN1CC(C)c2ccc(CCN)cc21. The highest BCUT2D eigenvalue weighted by molar-refractivity contribution is 5.61. The molecule has 0 aromatic heterocycles. The molecule has 2 heteroatoms. The van der Waals surface area contributed by atoms with Crippen molar-refractivity contribution >= 4 is 5.69 Å². The highest BCUT2D eigenvalue weighted by Crippen LogP contribution is 2.36. The molecule has 0 radical (unpaired) electrons. The zero-order valence-corrected chi connectivity index (χ0v) is 9.66. The van der Waals surface area contributed by atoms with Crippen LogP contribution in [0, 0.1) is 0 Å². The third-order valence-corrected chi connectivity index (χ3v) is 3.28. The van der Waals surface area contributed by atoms with Gasteiger partial charge < -0.3 is 10.6 Å². The molecule has 1 heterocycles. The number of likely N-dealkylation sites (N-methyl/N-ethyl adjacent to an activating group) is 1. The number of rotatable bonds is 3. The van der Waals surface area contributed by atoms with Gasteiger partial charge in [-0.25, -0.2) is 0 Å². The third-order valence-electron chi connectivity index (χ3n) is 3.28. The average Bonchev–Trinajstić information content (AvgIpc) is 2.56. The van der Waals surface area contributed by atoms with Gasteiger partial charge in [-0.15, -0.1) is 0 Å². The topological polar surface area (TPSA) is 29.3 Å². The Morgan fingerprint density at radius 3 is 2.93 bits per heavy atom. The van der Waals surface area contributed by atoms with E-state index in [9.17, 15) is 0 Å². The van der Waals surface area contributed by atoms with Crippen LogP contribution in [0.1, 0.15) is 30.9 Å². The lowest BCUT2D eigenvalue weighted by molar-refractivity contribution is 0.762. The summed E-state index contributed by atoms with van der Waals surface area (Å²) in [6.07, 6.45) is 0.985. The normalized spacial score (nSPS) is 19.4. The predicted octanol–water partition coefficient (Wildman–Crippen LogP) is 2.13. The second kappa shape index (κ2) is 4.23. The van der Waals surface area contributed by atoms with E-state index in [2.05, 4.69) is 36.9 Å². The van der Waals surface area contributed by atoms with E-state index in [1.807, 2.05) is 0 Å². The molecule has 1 aliphatic heterocycles. The van der Waals surface area contributed by atoms with Crippen LogP contribution in [-0.2, 0) is 6.42 Å². The van der Waals surface area contributed by atoms with Crippen LogP contribution < -0.4 is 10.6 Å². The minimum atomic E-state index is 0.673. The van der Waals surface area contributed by atoms with E-state index >= 15 is 0 Å². The molecule has 0 amide bonds. The van der Waals surface area contributed by atoms with Crippen molar-refractivity contribution in [3.8, 4) is 0 Å². The molecule has 2 N–H and O–H groups in total. The minimum Gasteiger partial charge on any atom is -0.371 e. The van der Waals surface area contributed by atoms with Crippen molar-refractivity contribution in [2.24, 2.45) is 5.73 Å². The molecular formula is C13H20N2. The number of nitrogens with zero attached hydrogens (tertiary/aromatic N) is 1. The van der Waals surface area contributed by atoms with Gasteiger partial charge in [0, 0.05) is 24.7 Å². The third kappa shape index (κ3) is 1.86. The van der Waals surface area contributed by atoms with Gasteiger partial charge in [0.2, 0.25) is 0 Å². The van der Waals surface area contributed by atoms with Crippen LogP contribution >= 0.6 is 0 Å². The van der Waals surface area contributed by atoms with Gasteiger partial charge >= 0.3 is 0 Å². The Kier molecular flexibility index (Phi) is 2.96. The molecule has 1 atom stereocenters. The smallest absolute Gasteiger partial charge is 0.0405 e. The summed E-state index contributed by atoms with van der Waals surface area (Å²) >= 11 is 0. The minimum absolute atomic E-state index is 0.673. The quantitative estimate of drug-likeness (QED) is 0.817. The first-order valence-electron chi connectivity index (χ1n) is 5.84. The highest BCUT2D eigenvalue weighted by atomic mass is 15.1. The Balaban J connectivity index is 2.33. The van der Waals surface area contributed by atoms with Crippen molar-refractivity contribution in [2.75, 3.05) is 24.5 Å². The molecule has 0 saturated heterocycles. The first kappa shape index (κ1) is 10.5. The largest absolute Gasteiger partial charge is 0.371 e. The van der Waals surface area contributed by atoms with E-state index in [1.54, 1.807) is 0 Å². The lowest BCUT2D eigenvalue weighted by atomic mass is 10.0. The number of fused-ring (bicyclic) bond motifs is 1. The first-order chi connectivity index (χ1) is 7.26. The Bertz CT molecular complexity index is 346. The van der Waals surface area contributed by atoms with Crippen LogP contribution in [0.25, 0.3) is 0 Å². The van der Waals surface area contributed by atoms with Crippen LogP contribution in [-0.4, -0.2) is 19.6 Å². The van der Waals surface area contributed by atoms with Crippen LogP contribution in [0.4, 0.5) is 5.69 Å². The molecule has 1 unspecified atom stereocenters. The summed E-state index contributed by atoms with van der Waals surface area (Å²) in [5.41, 5.74) is 9.88. The molecule has 1 aromatic rings. The fourth-order valence-corrected chi connectivity index (χ4v) is 2.43. The summed E-state index contributed by atoms with van der Waals surface area (Å²) in [7, 11) is 0. The summed E-state index contributed by atoms with van der Waals surface area (Å²) in [4.78, 5) is 2.46. The number of benzene rings is 1. The van der Waals surface area contributed by atoms with Gasteiger partial charge in [0.25, 0.3) is 0 Å². The Hall–Kier alpha value is -1.02. The molecule has 0 spiro atoms. The molecule has 1 aliphatic rings. The zero-order chi connectivity index (χ0) is 10.8. The summed E-state index contributed by atoms with van der Waals surface area (Å²) in [5, 5.41) is 0. The van der Waals surface area contributed by atoms with Gasteiger partial charge in [-0.1, -0.05) is 19.1 Å². The zero-order valence-electron chi connectivity index (χ0n) is 9.66. The lowest BCUT2D eigenvalue weighted by Gasteiger charge is -2.17. The monoisotopic (exact) mass is 204 g/mol. The van der Waals surface area contributed by atoms with E-state index in [4.69, 9.17) is 5.73 Å². The van der Waals surface area contributed by atoms with Crippen LogP contribution in [0.3, 0.4) is 0 Å². The molecule has 0 bridgehead atoms. The second-order valence-electron chi connectivity index (χ2n) is 4.37. The van der Waals surface area contributed by atoms with Gasteiger partial charge in [-0.3, -0.25) is 0 Å². The number of hydrogen-bond acceptors (Lipinski definition) is 2. The van der Waals surface area contributed by atoms with E-state index < -0.39 is 0 Å². The molecule has 0 fully saturated rings. The van der Waals surface area contributed by atoms with Gasteiger partial charge in [0.15, 0.2) is 0 Å². The molecule has 2 rings (SSSR count). The molecular weight excluding hydrogens is 184 g/mol. The van der Waals surface area contributed by atoms with Crippen molar-refractivity contribution in [1.82, 2.24) is 0 Å².